The van der Waals surface area contributed by atoms with Gasteiger partial charge in [0.2, 0.25) is 0 Å². The minimum Gasteiger partial charge on any atom is -0.295 e. The molecule has 1 rings (SSSR count). The van der Waals surface area contributed by atoms with Crippen LogP contribution >= 0.6 is 0 Å². The summed E-state index contributed by atoms with van der Waals surface area (Å²) in [7, 11) is 0. The monoisotopic (exact) mass is 166 g/mol. The Kier molecular flexibility index (Phi) is 4.06. The summed E-state index contributed by atoms with van der Waals surface area (Å²) in [5.74, 6) is 1.30. The third-order valence-electron chi connectivity index (χ3n) is 2.34. The van der Waals surface area contributed by atoms with Crippen LogP contribution in [0.25, 0.3) is 0 Å². The Bertz CT molecular complexity index is 166. The minimum absolute atomic E-state index is 0.285. The van der Waals surface area contributed by atoms with E-state index in [2.05, 4.69) is 0 Å². The number of allylic oxidation sites excluding steroid dienone is 2. The van der Waals surface area contributed by atoms with Gasteiger partial charge < -0.3 is 0 Å². The lowest BCUT2D eigenvalue weighted by Gasteiger charge is -1.96. The van der Waals surface area contributed by atoms with Gasteiger partial charge in [0.1, 0.15) is 0 Å². The summed E-state index contributed by atoms with van der Waals surface area (Å²) in [6.45, 7) is 1.89. The number of rotatable bonds is 6. The number of unbranched alkanes of at least 4 members (excludes halogenated alkanes) is 1. The van der Waals surface area contributed by atoms with Gasteiger partial charge in [-0.25, -0.2) is 0 Å². The number of hydrogen-bond donors (Lipinski definition) is 0. The molecule has 0 aromatic carbocycles. The summed E-state index contributed by atoms with van der Waals surface area (Å²) >= 11 is 0. The number of carbonyl (C=O) groups is 1. The molecule has 0 unspecified atom stereocenters. The zero-order valence-corrected chi connectivity index (χ0v) is 7.88. The third kappa shape index (κ3) is 4.32. The largest absolute Gasteiger partial charge is 0.295 e. The van der Waals surface area contributed by atoms with E-state index in [0.29, 0.717) is 0 Å². The highest BCUT2D eigenvalue weighted by molar-refractivity contribution is 5.89. The van der Waals surface area contributed by atoms with E-state index >= 15 is 0 Å². The maximum atomic E-state index is 11.0. The molecule has 1 saturated carbocycles. The molecule has 68 valence electrons. The quantitative estimate of drug-likeness (QED) is 0.437. The van der Waals surface area contributed by atoms with Crippen LogP contribution in [0.3, 0.4) is 0 Å². The Morgan fingerprint density at radius 3 is 2.75 bits per heavy atom. The predicted octanol–water partition coefficient (Wildman–Crippen LogP) is 3.10. The lowest BCUT2D eigenvalue weighted by atomic mass is 10.1. The molecule has 0 bridgehead atoms. The van der Waals surface area contributed by atoms with E-state index in [4.69, 9.17) is 0 Å². The van der Waals surface area contributed by atoms with Crippen molar-refractivity contribution in [2.45, 2.75) is 45.4 Å². The molecule has 0 amide bonds. The molecule has 1 aliphatic rings. The van der Waals surface area contributed by atoms with E-state index in [1.165, 1.54) is 25.7 Å². The van der Waals surface area contributed by atoms with Crippen molar-refractivity contribution in [3.8, 4) is 0 Å². The highest BCUT2D eigenvalue weighted by Crippen LogP contribution is 2.33. The van der Waals surface area contributed by atoms with Crippen molar-refractivity contribution in [2.75, 3.05) is 0 Å². The van der Waals surface area contributed by atoms with Crippen LogP contribution in [-0.4, -0.2) is 5.78 Å². The predicted molar refractivity (Wildman–Crippen MR) is 51.0 cm³/mol. The van der Waals surface area contributed by atoms with E-state index in [0.717, 1.165) is 18.8 Å². The van der Waals surface area contributed by atoms with Crippen LogP contribution in [0.4, 0.5) is 0 Å². The Labute approximate surface area is 74.9 Å². The first-order valence-corrected chi connectivity index (χ1v) is 4.98. The van der Waals surface area contributed by atoms with Crippen molar-refractivity contribution in [1.29, 1.82) is 0 Å². The lowest BCUT2D eigenvalue weighted by molar-refractivity contribution is -0.114. The first-order chi connectivity index (χ1) is 5.83. The Morgan fingerprint density at radius 2 is 2.17 bits per heavy atom. The van der Waals surface area contributed by atoms with Gasteiger partial charge in [-0.2, -0.15) is 0 Å². The Balaban J connectivity index is 1.89. The lowest BCUT2D eigenvalue weighted by Crippen LogP contribution is -1.91. The number of ketones is 1. The zero-order chi connectivity index (χ0) is 8.81. The average Bonchev–Trinajstić information content (AvgIpc) is 2.82. The molecule has 0 spiro atoms. The van der Waals surface area contributed by atoms with Gasteiger partial charge in [0.25, 0.3) is 0 Å². The van der Waals surface area contributed by atoms with Gasteiger partial charge in [-0.05, 0) is 25.3 Å². The molecule has 0 radical (unpaired) electrons. The molecule has 1 fully saturated rings. The molecular formula is C11H18O. The summed E-state index contributed by atoms with van der Waals surface area (Å²) in [4.78, 5) is 11.0. The minimum atomic E-state index is 0.285. The third-order valence-corrected chi connectivity index (χ3v) is 2.34. The Morgan fingerprint density at radius 1 is 1.42 bits per heavy atom. The van der Waals surface area contributed by atoms with Gasteiger partial charge in [-0.1, -0.05) is 31.8 Å². The molecule has 12 heavy (non-hydrogen) atoms. The van der Waals surface area contributed by atoms with Crippen LogP contribution in [0.1, 0.15) is 45.4 Å². The summed E-state index contributed by atoms with van der Waals surface area (Å²) in [6, 6.07) is 0. The van der Waals surface area contributed by atoms with Gasteiger partial charge in [0, 0.05) is 6.42 Å². The summed E-state index contributed by atoms with van der Waals surface area (Å²) in [5.41, 5.74) is 0. The SMILES string of the molecule is C/C=C/C(=O)CCCCC1CC1. The van der Waals surface area contributed by atoms with E-state index in [9.17, 15) is 4.79 Å². The molecule has 0 aromatic heterocycles. The average molecular weight is 166 g/mol. The van der Waals surface area contributed by atoms with Gasteiger partial charge in [-0.3, -0.25) is 4.79 Å². The molecule has 1 aliphatic carbocycles. The standard InChI is InChI=1S/C11H18O/c1-2-5-11(12)7-4-3-6-10-8-9-10/h2,5,10H,3-4,6-9H2,1H3/b5-2+. The van der Waals surface area contributed by atoms with Crippen molar-refractivity contribution < 1.29 is 4.79 Å². The maximum Gasteiger partial charge on any atom is 0.155 e. The van der Waals surface area contributed by atoms with Gasteiger partial charge in [0.05, 0.1) is 0 Å². The summed E-state index contributed by atoms with van der Waals surface area (Å²) in [6.07, 6.45) is 10.8. The molecular weight excluding hydrogens is 148 g/mol. The van der Waals surface area contributed by atoms with E-state index < -0.39 is 0 Å². The van der Waals surface area contributed by atoms with Crippen LogP contribution in [0.5, 0.6) is 0 Å². The maximum absolute atomic E-state index is 11.0. The highest BCUT2D eigenvalue weighted by atomic mass is 16.1. The normalized spacial score (nSPS) is 17.1. The van der Waals surface area contributed by atoms with Crippen molar-refractivity contribution in [1.82, 2.24) is 0 Å². The van der Waals surface area contributed by atoms with Crippen LogP contribution < -0.4 is 0 Å². The highest BCUT2D eigenvalue weighted by Gasteiger charge is 2.19. The fourth-order valence-corrected chi connectivity index (χ4v) is 1.41. The fourth-order valence-electron chi connectivity index (χ4n) is 1.41. The second-order valence-electron chi connectivity index (χ2n) is 3.66. The first kappa shape index (κ1) is 9.50. The van der Waals surface area contributed by atoms with Crippen LogP contribution in [0.15, 0.2) is 12.2 Å². The molecule has 0 aromatic rings. The fraction of sp³-hybridized carbons (Fsp3) is 0.727. The topological polar surface area (TPSA) is 17.1 Å². The van der Waals surface area contributed by atoms with Gasteiger partial charge in [-0.15, -0.1) is 0 Å². The van der Waals surface area contributed by atoms with E-state index in [1.807, 2.05) is 13.0 Å². The van der Waals surface area contributed by atoms with Crippen molar-refractivity contribution in [3.05, 3.63) is 12.2 Å². The number of hydrogen-bond acceptors (Lipinski definition) is 1. The second-order valence-corrected chi connectivity index (χ2v) is 3.66. The Hall–Kier alpha value is -0.590. The molecule has 0 saturated heterocycles. The summed E-state index contributed by atoms with van der Waals surface area (Å²) < 4.78 is 0. The molecule has 0 atom stereocenters. The van der Waals surface area contributed by atoms with Crippen molar-refractivity contribution >= 4 is 5.78 Å². The van der Waals surface area contributed by atoms with Gasteiger partial charge in [0.15, 0.2) is 5.78 Å². The number of carbonyl (C=O) groups excluding carboxylic acids is 1. The van der Waals surface area contributed by atoms with Crippen molar-refractivity contribution in [3.63, 3.8) is 0 Å². The van der Waals surface area contributed by atoms with Crippen LogP contribution in [0.2, 0.25) is 0 Å². The molecule has 0 N–H and O–H groups in total. The van der Waals surface area contributed by atoms with E-state index in [1.54, 1.807) is 6.08 Å². The molecule has 1 nitrogen and oxygen atoms in total. The van der Waals surface area contributed by atoms with Crippen molar-refractivity contribution in [2.24, 2.45) is 5.92 Å². The first-order valence-electron chi connectivity index (χ1n) is 4.98. The van der Waals surface area contributed by atoms with E-state index in [-0.39, 0.29) is 5.78 Å². The molecule has 0 heterocycles. The van der Waals surface area contributed by atoms with Crippen LogP contribution in [0, 0.1) is 5.92 Å². The smallest absolute Gasteiger partial charge is 0.155 e. The zero-order valence-electron chi connectivity index (χ0n) is 7.88. The second kappa shape index (κ2) is 5.13. The van der Waals surface area contributed by atoms with Crippen LogP contribution in [-0.2, 0) is 4.79 Å². The summed E-state index contributed by atoms with van der Waals surface area (Å²) in [5, 5.41) is 0. The van der Waals surface area contributed by atoms with Gasteiger partial charge >= 0.3 is 0 Å². The molecule has 0 aliphatic heterocycles. The molecule has 1 heteroatoms.